The Hall–Kier alpha value is -3.94. The average Bonchev–Trinajstić information content (AvgIpc) is 3.25. The number of hydrazine groups is 1. The van der Waals surface area contributed by atoms with E-state index in [4.69, 9.17) is 5.84 Å². The first-order valence-electron chi connectivity index (χ1n) is 8.47. The lowest BCUT2D eigenvalue weighted by atomic mass is 10.2. The van der Waals surface area contributed by atoms with Crippen molar-refractivity contribution in [3.05, 3.63) is 57.4 Å². The molecule has 156 valence electrons. The number of non-ortho nitro benzene ring substituents is 1. The molecule has 0 fully saturated rings. The molecule has 14 heteroatoms. The van der Waals surface area contributed by atoms with Crippen LogP contribution in [-0.2, 0) is 4.79 Å². The van der Waals surface area contributed by atoms with Crippen LogP contribution in [0.4, 0.5) is 5.69 Å². The van der Waals surface area contributed by atoms with Crippen molar-refractivity contribution in [2.75, 3.05) is 11.6 Å². The van der Waals surface area contributed by atoms with E-state index in [1.54, 1.807) is 0 Å². The zero-order valence-electron chi connectivity index (χ0n) is 15.9. The van der Waals surface area contributed by atoms with Crippen molar-refractivity contribution in [1.29, 1.82) is 0 Å². The number of thioether (sulfide) groups is 1. The lowest BCUT2D eigenvalue weighted by molar-refractivity contribution is -0.384. The molecule has 0 atom stereocenters. The molecule has 0 aliphatic rings. The van der Waals surface area contributed by atoms with Crippen LogP contribution >= 0.6 is 11.8 Å². The van der Waals surface area contributed by atoms with Gasteiger partial charge in [-0.15, -0.1) is 10.2 Å². The number of amides is 2. The van der Waals surface area contributed by atoms with Gasteiger partial charge in [-0.25, -0.2) is 9.36 Å². The van der Waals surface area contributed by atoms with E-state index in [9.17, 15) is 19.7 Å². The summed E-state index contributed by atoms with van der Waals surface area (Å²) in [6, 6.07) is 6.99. The fourth-order valence-corrected chi connectivity index (χ4v) is 3.12. The highest BCUT2D eigenvalue weighted by Crippen LogP contribution is 2.17. The molecule has 2 amide bonds. The Morgan fingerprint density at radius 3 is 2.67 bits per heavy atom. The molecule has 3 aromatic rings. The predicted octanol–water partition coefficient (Wildman–Crippen LogP) is 0.256. The summed E-state index contributed by atoms with van der Waals surface area (Å²) in [6.07, 6.45) is 0. The Morgan fingerprint density at radius 2 is 2.00 bits per heavy atom. The Kier molecular flexibility index (Phi) is 5.96. The number of carbonyl (C=O) groups is 2. The van der Waals surface area contributed by atoms with Crippen LogP contribution in [-0.4, -0.2) is 47.1 Å². The van der Waals surface area contributed by atoms with Gasteiger partial charge >= 0.3 is 0 Å². The molecule has 0 radical (unpaired) electrons. The van der Waals surface area contributed by atoms with Crippen LogP contribution in [0.1, 0.15) is 21.7 Å². The van der Waals surface area contributed by atoms with Crippen molar-refractivity contribution in [3.8, 4) is 5.95 Å². The molecular weight excluding hydrogens is 414 g/mol. The maximum absolute atomic E-state index is 12.0. The van der Waals surface area contributed by atoms with Gasteiger partial charge in [-0.05, 0) is 26.0 Å². The first-order valence-corrected chi connectivity index (χ1v) is 9.45. The zero-order valence-corrected chi connectivity index (χ0v) is 16.7. The van der Waals surface area contributed by atoms with Gasteiger partial charge in [0, 0.05) is 23.4 Å². The number of carbonyl (C=O) groups excluding carboxylic acids is 2. The topological polar surface area (TPSA) is 176 Å². The fourth-order valence-electron chi connectivity index (χ4n) is 2.47. The molecule has 0 unspecified atom stereocenters. The first kappa shape index (κ1) is 20.8. The van der Waals surface area contributed by atoms with E-state index < -0.39 is 16.7 Å². The summed E-state index contributed by atoms with van der Waals surface area (Å²) in [6.45, 7) is 3.68. The van der Waals surface area contributed by atoms with Crippen LogP contribution in [0.3, 0.4) is 0 Å². The maximum Gasteiger partial charge on any atom is 0.271 e. The van der Waals surface area contributed by atoms with Gasteiger partial charge in [0.15, 0.2) is 0 Å². The Balaban J connectivity index is 1.55. The number of hydrogen-bond acceptors (Lipinski definition) is 9. The van der Waals surface area contributed by atoms with Gasteiger partial charge in [0.2, 0.25) is 11.1 Å². The molecule has 0 spiro atoms. The molecule has 30 heavy (non-hydrogen) atoms. The smallest absolute Gasteiger partial charge is 0.271 e. The number of hydrogen-bond donors (Lipinski definition) is 3. The number of nitrogen functional groups attached to an aromatic ring is 1. The highest BCUT2D eigenvalue weighted by molar-refractivity contribution is 7.99. The number of nitrogens with two attached hydrogens (primary N) is 1. The van der Waals surface area contributed by atoms with E-state index in [1.807, 2.05) is 19.9 Å². The fraction of sp³-hybridized carbons (Fsp3) is 0.188. The van der Waals surface area contributed by atoms with Crippen molar-refractivity contribution in [2.45, 2.75) is 19.0 Å². The Bertz CT molecular complexity index is 1120. The third-order valence-corrected chi connectivity index (χ3v) is 4.76. The summed E-state index contributed by atoms with van der Waals surface area (Å²) in [5.74, 6) is 4.95. The van der Waals surface area contributed by atoms with Gasteiger partial charge in [-0.1, -0.05) is 17.8 Å². The molecule has 13 nitrogen and oxygen atoms in total. The van der Waals surface area contributed by atoms with Gasteiger partial charge in [0.25, 0.3) is 17.5 Å². The lowest BCUT2D eigenvalue weighted by Gasteiger charge is -2.07. The zero-order chi connectivity index (χ0) is 21.8. The molecule has 3 rings (SSSR count). The van der Waals surface area contributed by atoms with Crippen molar-refractivity contribution in [3.63, 3.8) is 0 Å². The largest absolute Gasteiger partial charge is 0.334 e. The number of nitro benzene ring substituents is 1. The molecule has 0 saturated carbocycles. The molecule has 0 saturated heterocycles. The molecule has 0 aliphatic heterocycles. The van der Waals surface area contributed by atoms with Crippen LogP contribution in [0.15, 0.2) is 35.5 Å². The van der Waals surface area contributed by atoms with Gasteiger partial charge in [0.05, 0.1) is 16.4 Å². The summed E-state index contributed by atoms with van der Waals surface area (Å²) in [7, 11) is 0. The average molecular weight is 431 g/mol. The number of nitrogens with one attached hydrogen (secondary N) is 2. The number of aryl methyl sites for hydroxylation is 2. The summed E-state index contributed by atoms with van der Waals surface area (Å²) in [5, 5.41) is 23.3. The van der Waals surface area contributed by atoms with E-state index in [0.29, 0.717) is 5.95 Å². The van der Waals surface area contributed by atoms with Crippen molar-refractivity contribution in [2.24, 2.45) is 0 Å². The van der Waals surface area contributed by atoms with Gasteiger partial charge < -0.3 is 5.84 Å². The number of nitrogens with zero attached hydrogens (tertiary/aromatic N) is 6. The molecule has 2 heterocycles. The standard InChI is InChI=1S/C16H17N9O4S/c1-9-6-10(2)24(22-9)15-20-21-16(23(15)17)30-8-13(26)18-19-14(27)11-4-3-5-12(7-11)25(28)29/h3-7H,8,17H2,1-2H3,(H,18,26)(H,19,27). The monoisotopic (exact) mass is 431 g/mol. The maximum atomic E-state index is 12.0. The highest BCUT2D eigenvalue weighted by Gasteiger charge is 2.17. The normalized spacial score (nSPS) is 10.6. The van der Waals surface area contributed by atoms with Crippen LogP contribution in [0, 0.1) is 24.0 Å². The van der Waals surface area contributed by atoms with Gasteiger partial charge in [-0.2, -0.15) is 5.10 Å². The number of aromatic nitrogens is 5. The minimum Gasteiger partial charge on any atom is -0.334 e. The summed E-state index contributed by atoms with van der Waals surface area (Å²) in [5.41, 5.74) is 5.84. The van der Waals surface area contributed by atoms with Crippen LogP contribution < -0.4 is 16.7 Å². The summed E-state index contributed by atoms with van der Waals surface area (Å²) in [4.78, 5) is 34.2. The molecule has 1 aromatic carbocycles. The van der Waals surface area contributed by atoms with Crippen LogP contribution in [0.2, 0.25) is 0 Å². The van der Waals surface area contributed by atoms with Crippen molar-refractivity contribution >= 4 is 29.3 Å². The molecule has 2 aromatic heterocycles. The SMILES string of the molecule is Cc1cc(C)n(-c2nnc(SCC(=O)NNC(=O)c3cccc([N+](=O)[O-])c3)n2N)n1. The Morgan fingerprint density at radius 1 is 1.23 bits per heavy atom. The van der Waals surface area contributed by atoms with E-state index in [0.717, 1.165) is 29.2 Å². The number of nitro groups is 1. The van der Waals surface area contributed by atoms with E-state index in [2.05, 4.69) is 26.1 Å². The number of rotatable bonds is 6. The van der Waals surface area contributed by atoms with Crippen LogP contribution in [0.25, 0.3) is 5.95 Å². The molecule has 0 bridgehead atoms. The summed E-state index contributed by atoms with van der Waals surface area (Å²) >= 11 is 1.01. The first-order chi connectivity index (χ1) is 14.3. The summed E-state index contributed by atoms with van der Waals surface area (Å²) < 4.78 is 2.74. The Labute approximate surface area is 173 Å². The minimum absolute atomic E-state index is 0.0355. The molecular formula is C16H17N9O4S. The molecule has 0 aliphatic carbocycles. The van der Waals surface area contributed by atoms with E-state index >= 15 is 0 Å². The minimum atomic E-state index is -0.689. The number of benzene rings is 1. The second-order valence-electron chi connectivity index (χ2n) is 6.09. The lowest BCUT2D eigenvalue weighted by Crippen LogP contribution is -2.42. The molecule has 4 N–H and O–H groups in total. The third-order valence-electron chi connectivity index (χ3n) is 3.81. The van der Waals surface area contributed by atoms with Gasteiger partial charge in [0.1, 0.15) is 0 Å². The predicted molar refractivity (Wildman–Crippen MR) is 106 cm³/mol. The van der Waals surface area contributed by atoms with E-state index in [1.165, 1.54) is 27.6 Å². The van der Waals surface area contributed by atoms with Crippen molar-refractivity contribution < 1.29 is 14.5 Å². The van der Waals surface area contributed by atoms with E-state index in [-0.39, 0.29) is 22.2 Å². The third kappa shape index (κ3) is 4.54. The second-order valence-corrected chi connectivity index (χ2v) is 7.03. The van der Waals surface area contributed by atoms with Crippen molar-refractivity contribution in [1.82, 2.24) is 35.5 Å². The van der Waals surface area contributed by atoms with Gasteiger partial charge in [-0.3, -0.25) is 30.6 Å². The quantitative estimate of drug-likeness (QED) is 0.214. The van der Waals surface area contributed by atoms with Crippen LogP contribution in [0.5, 0.6) is 0 Å². The second kappa shape index (κ2) is 8.60. The highest BCUT2D eigenvalue weighted by atomic mass is 32.2.